The van der Waals surface area contributed by atoms with Crippen molar-refractivity contribution in [2.75, 3.05) is 20.2 Å². The van der Waals surface area contributed by atoms with Gasteiger partial charge < -0.3 is 14.1 Å². The average Bonchev–Trinajstić information content (AvgIpc) is 3.32. The predicted molar refractivity (Wildman–Crippen MR) is 118 cm³/mol. The summed E-state index contributed by atoms with van der Waals surface area (Å²) in [6.07, 6.45) is 1.68. The molecule has 3 aromatic rings. The molecule has 0 radical (unpaired) electrons. The molecule has 166 valence electrons. The molecular weight excluding hydrogens is 396 g/mol. The van der Waals surface area contributed by atoms with Crippen LogP contribution in [0.3, 0.4) is 0 Å². The molecule has 8 nitrogen and oxygen atoms in total. The Kier molecular flexibility index (Phi) is 6.48. The van der Waals surface area contributed by atoms with Crippen LogP contribution < -0.4 is 0 Å². The van der Waals surface area contributed by atoms with Gasteiger partial charge in [-0.15, -0.1) is 0 Å². The normalized spacial score (nSPS) is 12.4. The number of carbonyl (C=O) groups is 2. The van der Waals surface area contributed by atoms with Gasteiger partial charge in [0.2, 0.25) is 0 Å². The number of hydrogen-bond acceptors (Lipinski definition) is 6. The van der Waals surface area contributed by atoms with E-state index >= 15 is 0 Å². The molecule has 1 amide bonds. The first-order chi connectivity index (χ1) is 14.7. The molecule has 3 rings (SSSR count). The summed E-state index contributed by atoms with van der Waals surface area (Å²) in [6.45, 7) is 12.2. The van der Waals surface area contributed by atoms with Crippen molar-refractivity contribution < 1.29 is 18.7 Å². The van der Waals surface area contributed by atoms with Gasteiger partial charge in [0.25, 0.3) is 5.91 Å². The van der Waals surface area contributed by atoms with Crippen LogP contribution in [0.15, 0.2) is 22.7 Å². The quantitative estimate of drug-likeness (QED) is 0.527. The second kappa shape index (κ2) is 8.91. The van der Waals surface area contributed by atoms with E-state index in [0.717, 1.165) is 17.1 Å². The maximum atomic E-state index is 13.6. The Labute approximate surface area is 182 Å². The first-order valence-corrected chi connectivity index (χ1v) is 10.5. The van der Waals surface area contributed by atoms with Crippen LogP contribution in [-0.2, 0) is 9.53 Å². The molecule has 0 aliphatic carbocycles. The van der Waals surface area contributed by atoms with Crippen LogP contribution in [0.5, 0.6) is 0 Å². The fourth-order valence-corrected chi connectivity index (χ4v) is 3.73. The van der Waals surface area contributed by atoms with Crippen LogP contribution in [0.25, 0.3) is 22.3 Å². The van der Waals surface area contributed by atoms with Gasteiger partial charge in [0.05, 0.1) is 35.9 Å². The molecule has 0 saturated heterocycles. The van der Waals surface area contributed by atoms with Gasteiger partial charge in [0.15, 0.2) is 5.65 Å². The summed E-state index contributed by atoms with van der Waals surface area (Å²) in [7, 11) is 1.35. The first kappa shape index (κ1) is 22.5. The Hall–Kier alpha value is -3.16. The maximum Gasteiger partial charge on any atom is 0.310 e. The van der Waals surface area contributed by atoms with Gasteiger partial charge in [-0.2, -0.15) is 5.10 Å². The maximum absolute atomic E-state index is 13.6. The van der Waals surface area contributed by atoms with Gasteiger partial charge in [0.1, 0.15) is 11.5 Å². The number of aryl methyl sites for hydroxylation is 2. The Morgan fingerprint density at radius 2 is 1.94 bits per heavy atom. The number of pyridine rings is 1. The van der Waals surface area contributed by atoms with E-state index in [4.69, 9.17) is 14.1 Å². The Morgan fingerprint density at radius 1 is 1.23 bits per heavy atom. The molecule has 31 heavy (non-hydrogen) atoms. The van der Waals surface area contributed by atoms with Crippen molar-refractivity contribution in [2.45, 2.75) is 47.6 Å². The van der Waals surface area contributed by atoms with Gasteiger partial charge in [-0.05, 0) is 46.8 Å². The van der Waals surface area contributed by atoms with Crippen molar-refractivity contribution in [2.24, 2.45) is 5.92 Å². The predicted octanol–water partition coefficient (Wildman–Crippen LogP) is 4.16. The number of furan rings is 1. The van der Waals surface area contributed by atoms with Crippen molar-refractivity contribution in [1.29, 1.82) is 0 Å². The molecule has 3 heterocycles. The lowest BCUT2D eigenvalue weighted by Crippen LogP contribution is -2.37. The second-order valence-electron chi connectivity index (χ2n) is 8.07. The smallest absolute Gasteiger partial charge is 0.310 e. The number of carbonyl (C=O) groups excluding carboxylic acids is 2. The van der Waals surface area contributed by atoms with Crippen LogP contribution in [0.1, 0.15) is 55.6 Å². The minimum absolute atomic E-state index is 0.0806. The molecule has 0 aliphatic rings. The molecule has 3 aromatic heterocycles. The van der Waals surface area contributed by atoms with Gasteiger partial charge in [-0.1, -0.05) is 6.92 Å². The largest absolute Gasteiger partial charge is 0.469 e. The van der Waals surface area contributed by atoms with Crippen LogP contribution in [0, 0.1) is 19.8 Å². The fraction of sp³-hybridized carbons (Fsp3) is 0.478. The fourth-order valence-electron chi connectivity index (χ4n) is 3.73. The highest BCUT2D eigenvalue weighted by Crippen LogP contribution is 2.30. The minimum atomic E-state index is -0.428. The number of esters is 1. The summed E-state index contributed by atoms with van der Waals surface area (Å²) in [5.41, 5.74) is 2.65. The van der Waals surface area contributed by atoms with E-state index in [9.17, 15) is 9.59 Å². The Balaban J connectivity index is 2.14. The molecular formula is C23H30N4O4. The number of ether oxygens (including phenoxy) is 1. The van der Waals surface area contributed by atoms with Crippen molar-refractivity contribution in [3.05, 3.63) is 35.4 Å². The average molecular weight is 427 g/mol. The third kappa shape index (κ3) is 4.33. The van der Waals surface area contributed by atoms with Crippen molar-refractivity contribution in [3.63, 3.8) is 0 Å². The highest BCUT2D eigenvalue weighted by Gasteiger charge is 2.25. The standard InChI is InChI=1S/C23H30N4O4/c1-8-26(12-14(4)23(29)30-7)22(28)18-10-20(17-9-15(5)31-16(17)6)25-21-19(18)11-24-27(21)13(2)3/h9-11,13-14H,8,12H2,1-7H3. The lowest BCUT2D eigenvalue weighted by Gasteiger charge is -2.24. The molecule has 0 N–H and O–H groups in total. The highest BCUT2D eigenvalue weighted by molar-refractivity contribution is 6.06. The monoisotopic (exact) mass is 426 g/mol. The molecule has 8 heteroatoms. The molecule has 0 spiro atoms. The highest BCUT2D eigenvalue weighted by atomic mass is 16.5. The van der Waals surface area contributed by atoms with E-state index in [2.05, 4.69) is 5.10 Å². The summed E-state index contributed by atoms with van der Waals surface area (Å²) in [4.78, 5) is 32.0. The number of rotatable bonds is 7. The SMILES string of the molecule is CCN(CC(C)C(=O)OC)C(=O)c1cc(-c2cc(C)oc2C)nc2c1cnn2C(C)C. The summed E-state index contributed by atoms with van der Waals surface area (Å²) in [5, 5.41) is 5.16. The lowest BCUT2D eigenvalue weighted by molar-refractivity contribution is -0.145. The summed E-state index contributed by atoms with van der Waals surface area (Å²) in [6, 6.07) is 3.79. The van der Waals surface area contributed by atoms with Crippen molar-refractivity contribution in [3.8, 4) is 11.3 Å². The number of methoxy groups -OCH3 is 1. The van der Waals surface area contributed by atoms with Crippen LogP contribution >= 0.6 is 0 Å². The van der Waals surface area contributed by atoms with Crippen LogP contribution in [0.2, 0.25) is 0 Å². The number of nitrogens with zero attached hydrogens (tertiary/aromatic N) is 4. The van der Waals surface area contributed by atoms with Gasteiger partial charge in [-0.3, -0.25) is 9.59 Å². The lowest BCUT2D eigenvalue weighted by atomic mass is 10.1. The van der Waals surface area contributed by atoms with Crippen LogP contribution in [-0.4, -0.2) is 51.7 Å². The molecule has 0 aliphatic heterocycles. The number of hydrogen-bond donors (Lipinski definition) is 0. The van der Waals surface area contributed by atoms with E-state index in [1.807, 2.05) is 45.4 Å². The first-order valence-electron chi connectivity index (χ1n) is 10.5. The zero-order chi connectivity index (χ0) is 22.9. The van der Waals surface area contributed by atoms with Gasteiger partial charge in [-0.25, -0.2) is 9.67 Å². The van der Waals surface area contributed by atoms with E-state index in [1.165, 1.54) is 7.11 Å². The summed E-state index contributed by atoms with van der Waals surface area (Å²) < 4.78 is 12.3. The summed E-state index contributed by atoms with van der Waals surface area (Å²) >= 11 is 0. The third-order valence-electron chi connectivity index (χ3n) is 5.37. The van der Waals surface area contributed by atoms with Crippen LogP contribution in [0.4, 0.5) is 0 Å². The number of aromatic nitrogens is 3. The van der Waals surface area contributed by atoms with E-state index in [0.29, 0.717) is 28.8 Å². The van der Waals surface area contributed by atoms with Gasteiger partial charge in [0, 0.05) is 24.7 Å². The molecule has 0 bridgehead atoms. The molecule has 0 aromatic carbocycles. The zero-order valence-corrected chi connectivity index (χ0v) is 19.2. The molecule has 0 saturated carbocycles. The van der Waals surface area contributed by atoms with E-state index < -0.39 is 5.92 Å². The second-order valence-corrected chi connectivity index (χ2v) is 8.07. The zero-order valence-electron chi connectivity index (χ0n) is 19.2. The van der Waals surface area contributed by atoms with E-state index in [1.54, 1.807) is 24.1 Å². The van der Waals surface area contributed by atoms with E-state index in [-0.39, 0.29) is 24.5 Å². The third-order valence-corrected chi connectivity index (χ3v) is 5.37. The molecule has 1 atom stereocenters. The summed E-state index contributed by atoms with van der Waals surface area (Å²) in [5.74, 6) is 0.576. The van der Waals surface area contributed by atoms with Gasteiger partial charge >= 0.3 is 5.97 Å². The Bertz CT molecular complexity index is 1110. The Morgan fingerprint density at radius 3 is 2.48 bits per heavy atom. The molecule has 1 unspecified atom stereocenters. The number of amides is 1. The van der Waals surface area contributed by atoms with Crippen molar-refractivity contribution >= 4 is 22.9 Å². The minimum Gasteiger partial charge on any atom is -0.469 e. The van der Waals surface area contributed by atoms with Crippen molar-refractivity contribution in [1.82, 2.24) is 19.7 Å². The topological polar surface area (TPSA) is 90.5 Å². The molecule has 0 fully saturated rings. The number of fused-ring (bicyclic) bond motifs is 1.